The van der Waals surface area contributed by atoms with Crippen molar-refractivity contribution in [2.75, 3.05) is 5.75 Å². The van der Waals surface area contributed by atoms with Gasteiger partial charge in [-0.15, -0.1) is 11.8 Å². The van der Waals surface area contributed by atoms with Crippen LogP contribution in [0.5, 0.6) is 0 Å². The lowest BCUT2D eigenvalue weighted by Crippen LogP contribution is -1.98. The Balaban J connectivity index is 1.88. The largest absolute Gasteiger partial charge is 0.351 e. The van der Waals surface area contributed by atoms with Gasteiger partial charge >= 0.3 is 0 Å². The number of ketones is 1. The summed E-state index contributed by atoms with van der Waals surface area (Å²) in [6, 6.07) is 8.00. The van der Waals surface area contributed by atoms with Crippen LogP contribution in [0.2, 0.25) is 0 Å². The normalized spacial score (nSPS) is 19.4. The molecule has 3 nitrogen and oxygen atoms in total. The molecular formula is C16H16N2OS. The average molecular weight is 284 g/mol. The Morgan fingerprint density at radius 1 is 1.05 bits per heavy atom. The first kappa shape index (κ1) is 13.1. The van der Waals surface area contributed by atoms with E-state index in [1.165, 1.54) is 0 Å². The molecule has 4 heteroatoms. The first-order chi connectivity index (χ1) is 9.65. The predicted molar refractivity (Wildman–Crippen MR) is 84.2 cm³/mol. The summed E-state index contributed by atoms with van der Waals surface area (Å²) in [5, 5.41) is 0. The van der Waals surface area contributed by atoms with Gasteiger partial charge in [-0.3, -0.25) is 4.79 Å². The highest BCUT2D eigenvalue weighted by molar-refractivity contribution is 8.05. The number of hydrogen-bond donors (Lipinski definition) is 0. The van der Waals surface area contributed by atoms with Crippen molar-refractivity contribution in [1.29, 1.82) is 0 Å². The van der Waals surface area contributed by atoms with E-state index in [4.69, 9.17) is 0 Å². The van der Waals surface area contributed by atoms with Gasteiger partial charge < -0.3 is 9.13 Å². The van der Waals surface area contributed by atoms with Crippen LogP contribution in [0, 0.1) is 0 Å². The molecule has 2 aromatic heterocycles. The van der Waals surface area contributed by atoms with Crippen molar-refractivity contribution in [3.8, 4) is 0 Å². The lowest BCUT2D eigenvalue weighted by Gasteiger charge is -1.99. The quantitative estimate of drug-likeness (QED) is 0.792. The molecule has 20 heavy (non-hydrogen) atoms. The second-order valence-electron chi connectivity index (χ2n) is 4.88. The lowest BCUT2D eigenvalue weighted by atomic mass is 10.1. The molecule has 3 heterocycles. The molecule has 102 valence electrons. The van der Waals surface area contributed by atoms with Crippen molar-refractivity contribution >= 4 is 29.7 Å². The number of rotatable bonds is 2. The lowest BCUT2D eigenvalue weighted by molar-refractivity contribution is -0.111. The smallest absolute Gasteiger partial charge is 0.196 e. The van der Waals surface area contributed by atoms with Crippen LogP contribution in [0.1, 0.15) is 11.4 Å². The van der Waals surface area contributed by atoms with Crippen LogP contribution in [-0.4, -0.2) is 20.7 Å². The molecule has 1 aliphatic heterocycles. The number of nitrogens with zero attached hydrogens (tertiary/aromatic N) is 2. The Morgan fingerprint density at radius 2 is 1.65 bits per heavy atom. The van der Waals surface area contributed by atoms with Gasteiger partial charge in [-0.1, -0.05) is 0 Å². The van der Waals surface area contributed by atoms with Gasteiger partial charge in [0, 0.05) is 49.2 Å². The molecule has 0 aliphatic carbocycles. The van der Waals surface area contributed by atoms with E-state index in [2.05, 4.69) is 0 Å². The fourth-order valence-electron chi connectivity index (χ4n) is 2.22. The number of carbonyl (C=O) groups excluding carboxylic acids is 1. The van der Waals surface area contributed by atoms with Crippen molar-refractivity contribution in [2.45, 2.75) is 0 Å². The summed E-state index contributed by atoms with van der Waals surface area (Å²) in [6.07, 6.45) is 7.93. The van der Waals surface area contributed by atoms with Gasteiger partial charge in [0.1, 0.15) is 0 Å². The maximum absolute atomic E-state index is 12.4. The third-order valence-electron chi connectivity index (χ3n) is 3.47. The minimum Gasteiger partial charge on any atom is -0.351 e. The Morgan fingerprint density at radius 3 is 2.20 bits per heavy atom. The maximum Gasteiger partial charge on any atom is 0.196 e. The molecule has 3 rings (SSSR count). The molecule has 0 unspecified atom stereocenters. The van der Waals surface area contributed by atoms with Gasteiger partial charge in [0.15, 0.2) is 5.78 Å². The van der Waals surface area contributed by atoms with Crippen LogP contribution in [0.4, 0.5) is 0 Å². The standard InChI is InChI=1S/C16H16N2OS/c1-17-7-3-5-13(17)9-12-11-20-15(16(12)19)10-14-6-4-8-18(14)2/h3-10H,11H2,1-2H3/b12-9+,15-10-. The molecule has 0 bridgehead atoms. The van der Waals surface area contributed by atoms with E-state index in [9.17, 15) is 4.79 Å². The van der Waals surface area contributed by atoms with E-state index in [1.807, 2.05) is 72.0 Å². The molecule has 0 spiro atoms. The third kappa shape index (κ3) is 2.39. The molecular weight excluding hydrogens is 268 g/mol. The summed E-state index contributed by atoms with van der Waals surface area (Å²) in [5.41, 5.74) is 2.99. The number of thioether (sulfide) groups is 1. The minimum atomic E-state index is 0.150. The maximum atomic E-state index is 12.4. The van der Waals surface area contributed by atoms with Crippen LogP contribution >= 0.6 is 11.8 Å². The topological polar surface area (TPSA) is 26.9 Å². The molecule has 2 aromatic rings. The van der Waals surface area contributed by atoms with Gasteiger partial charge in [-0.25, -0.2) is 0 Å². The molecule has 0 N–H and O–H groups in total. The summed E-state index contributed by atoms with van der Waals surface area (Å²) in [7, 11) is 3.97. The zero-order valence-electron chi connectivity index (χ0n) is 11.5. The fraction of sp³-hybridized carbons (Fsp3) is 0.188. The predicted octanol–water partition coefficient (Wildman–Crippen LogP) is 3.10. The summed E-state index contributed by atoms with van der Waals surface area (Å²) in [5.74, 6) is 0.901. The Kier molecular flexibility index (Phi) is 3.40. The van der Waals surface area contributed by atoms with Crippen molar-refractivity contribution in [2.24, 2.45) is 14.1 Å². The van der Waals surface area contributed by atoms with Crippen LogP contribution in [0.25, 0.3) is 12.2 Å². The average Bonchev–Trinajstić information content (AvgIpc) is 3.09. The number of hydrogen-bond acceptors (Lipinski definition) is 2. The third-order valence-corrected chi connectivity index (χ3v) is 4.54. The van der Waals surface area contributed by atoms with E-state index >= 15 is 0 Å². The Hall–Kier alpha value is -1.94. The van der Waals surface area contributed by atoms with Crippen LogP contribution < -0.4 is 0 Å². The van der Waals surface area contributed by atoms with Crippen LogP contribution in [0.3, 0.4) is 0 Å². The molecule has 0 aromatic carbocycles. The molecule has 0 saturated carbocycles. The van der Waals surface area contributed by atoms with Crippen LogP contribution in [0.15, 0.2) is 47.1 Å². The number of aromatic nitrogens is 2. The van der Waals surface area contributed by atoms with Crippen molar-refractivity contribution in [1.82, 2.24) is 9.13 Å². The SMILES string of the molecule is Cn1cccc1/C=C1\CS/C(=C\c2cccn2C)C1=O. The zero-order valence-corrected chi connectivity index (χ0v) is 12.4. The number of allylic oxidation sites excluding steroid dienone is 1. The minimum absolute atomic E-state index is 0.150. The van der Waals surface area contributed by atoms with Gasteiger partial charge in [-0.2, -0.15) is 0 Å². The second kappa shape index (κ2) is 5.21. The Labute approximate surface area is 122 Å². The molecule has 1 saturated heterocycles. The van der Waals surface area contributed by atoms with Gasteiger partial charge in [0.2, 0.25) is 0 Å². The fourth-order valence-corrected chi connectivity index (χ4v) is 3.21. The van der Waals surface area contributed by atoms with E-state index in [0.29, 0.717) is 0 Å². The van der Waals surface area contributed by atoms with Gasteiger partial charge in [-0.05, 0) is 36.4 Å². The molecule has 0 atom stereocenters. The molecule has 0 radical (unpaired) electrons. The molecule has 1 aliphatic rings. The summed E-state index contributed by atoms with van der Waals surface area (Å²) < 4.78 is 4.03. The molecule has 0 amide bonds. The summed E-state index contributed by atoms with van der Waals surface area (Å²) in [4.78, 5) is 13.2. The van der Waals surface area contributed by atoms with Crippen LogP contribution in [-0.2, 0) is 18.9 Å². The zero-order chi connectivity index (χ0) is 14.1. The van der Waals surface area contributed by atoms with Crippen molar-refractivity contribution in [3.63, 3.8) is 0 Å². The number of carbonyl (C=O) groups is 1. The van der Waals surface area contributed by atoms with E-state index in [0.717, 1.165) is 27.6 Å². The highest BCUT2D eigenvalue weighted by Crippen LogP contribution is 2.33. The van der Waals surface area contributed by atoms with Gasteiger partial charge in [0.05, 0.1) is 4.91 Å². The highest BCUT2D eigenvalue weighted by atomic mass is 32.2. The summed E-state index contributed by atoms with van der Waals surface area (Å²) >= 11 is 1.61. The number of aryl methyl sites for hydroxylation is 2. The first-order valence-corrected chi connectivity index (χ1v) is 7.46. The molecule has 1 fully saturated rings. The highest BCUT2D eigenvalue weighted by Gasteiger charge is 2.24. The Bertz CT molecular complexity index is 658. The monoisotopic (exact) mass is 284 g/mol. The van der Waals surface area contributed by atoms with Crippen molar-refractivity contribution in [3.05, 3.63) is 58.5 Å². The van der Waals surface area contributed by atoms with E-state index in [-0.39, 0.29) is 5.78 Å². The van der Waals surface area contributed by atoms with Gasteiger partial charge in [0.25, 0.3) is 0 Å². The van der Waals surface area contributed by atoms with E-state index in [1.54, 1.807) is 11.8 Å². The van der Waals surface area contributed by atoms with E-state index < -0.39 is 0 Å². The first-order valence-electron chi connectivity index (χ1n) is 6.47. The number of Topliss-reactive ketones (excluding diaryl/α,β-unsaturated/α-hetero) is 1. The second-order valence-corrected chi connectivity index (χ2v) is 5.90. The van der Waals surface area contributed by atoms with Crippen molar-refractivity contribution < 1.29 is 4.79 Å². The summed E-state index contributed by atoms with van der Waals surface area (Å²) in [6.45, 7) is 0.